The Bertz CT molecular complexity index is 1760. The molecule has 4 aliphatic rings. The lowest BCUT2D eigenvalue weighted by atomic mass is 9.94. The molecule has 28 nitrogen and oxygen atoms in total. The number of amides is 2. The lowest BCUT2D eigenvalue weighted by Crippen LogP contribution is -2.70. The van der Waals surface area contributed by atoms with Gasteiger partial charge in [-0.05, 0) is 12.8 Å². The maximum absolute atomic E-state index is 12.5. The molecule has 29 heteroatoms. The van der Waals surface area contributed by atoms with Crippen molar-refractivity contribution in [1.82, 2.24) is 10.6 Å². The third-order valence-corrected chi connectivity index (χ3v) is 13.7. The number of rotatable bonds is 32. The fourth-order valence-electron chi connectivity index (χ4n) is 9.14. The second kappa shape index (κ2) is 32.0. The first-order chi connectivity index (χ1) is 35.2. The summed E-state index contributed by atoms with van der Waals surface area (Å²) in [6.07, 6.45) is -20.4. The van der Waals surface area contributed by atoms with Crippen LogP contribution in [0, 0.1) is 0 Å². The van der Waals surface area contributed by atoms with Crippen molar-refractivity contribution in [2.24, 2.45) is 0 Å². The van der Waals surface area contributed by atoms with E-state index in [1.807, 2.05) is 0 Å². The molecule has 15 N–H and O–H groups in total. The normalized spacial score (nSPS) is 37.9. The van der Waals surface area contributed by atoms with Crippen LogP contribution in [0.1, 0.15) is 90.9 Å². The van der Waals surface area contributed by atoms with Crippen molar-refractivity contribution in [3.63, 3.8) is 0 Å². The Morgan fingerprint density at radius 3 is 1.55 bits per heavy atom. The topological polar surface area (TPSA) is 438 Å². The summed E-state index contributed by atoms with van der Waals surface area (Å²) in [5.74, 6) is -0.849. The molecular weight excluding hydrogens is 1020 g/mol. The van der Waals surface area contributed by atoms with Gasteiger partial charge in [0.2, 0.25) is 12.3 Å². The van der Waals surface area contributed by atoms with Crippen molar-refractivity contribution in [2.75, 3.05) is 33.0 Å². The Balaban J connectivity index is 1.38. The smallest absolute Gasteiger partial charge is 0.394 e. The van der Waals surface area contributed by atoms with Crippen LogP contribution in [0.5, 0.6) is 0 Å². The number of aliphatic hydroxyl groups excluding tert-OH is 12. The molecular formula is C45H80N2O26S. The molecule has 0 aromatic rings. The molecule has 4 rings (SSSR count). The molecule has 0 radical (unpaired) electrons. The Hall–Kier alpha value is -2.25. The van der Waals surface area contributed by atoms with Gasteiger partial charge < -0.3 is 110 Å². The molecule has 0 bridgehead atoms. The number of aliphatic hydroxyl groups is 12. The Kier molecular flexibility index (Phi) is 27.8. The molecule has 4 aliphatic heterocycles. The molecule has 0 spiro atoms. The van der Waals surface area contributed by atoms with Crippen molar-refractivity contribution in [3.05, 3.63) is 12.2 Å². The van der Waals surface area contributed by atoms with Gasteiger partial charge in [0, 0.05) is 6.92 Å². The number of nitrogens with one attached hydrogen (secondary N) is 2. The van der Waals surface area contributed by atoms with Gasteiger partial charge in [-0.1, -0.05) is 83.3 Å². The van der Waals surface area contributed by atoms with Crippen LogP contribution in [0.2, 0.25) is 0 Å². The van der Waals surface area contributed by atoms with Crippen molar-refractivity contribution < 1.29 is 126 Å². The highest BCUT2D eigenvalue weighted by molar-refractivity contribution is 7.80. The van der Waals surface area contributed by atoms with Gasteiger partial charge in [0.1, 0.15) is 97.6 Å². The van der Waals surface area contributed by atoms with Crippen LogP contribution in [0.3, 0.4) is 0 Å². The molecule has 0 aliphatic carbocycles. The number of carbonyl (C=O) groups is 2. The Morgan fingerprint density at radius 1 is 0.595 bits per heavy atom. The van der Waals surface area contributed by atoms with E-state index in [4.69, 9.17) is 37.9 Å². The molecule has 0 unspecified atom stereocenters. The van der Waals surface area contributed by atoms with Gasteiger partial charge in [0.15, 0.2) is 25.2 Å². The van der Waals surface area contributed by atoms with E-state index in [1.54, 1.807) is 6.08 Å². The van der Waals surface area contributed by atoms with Crippen LogP contribution in [-0.2, 0) is 62.1 Å². The van der Waals surface area contributed by atoms with E-state index >= 15 is 0 Å². The van der Waals surface area contributed by atoms with Crippen LogP contribution >= 0.6 is 0 Å². The molecule has 432 valence electrons. The summed E-state index contributed by atoms with van der Waals surface area (Å²) in [7, 11) is -5.35. The number of ether oxygens (including phenoxy) is 8. The molecule has 2 amide bonds. The van der Waals surface area contributed by atoms with Gasteiger partial charge in [-0.25, -0.2) is 4.18 Å². The summed E-state index contributed by atoms with van der Waals surface area (Å²) in [5.41, 5.74) is 0. The van der Waals surface area contributed by atoms with Crippen molar-refractivity contribution in [3.8, 4) is 0 Å². The molecule has 22 atom stereocenters. The standard InChI is InChI=1S/C45H80N2O26S/c1-3-4-5-6-7-8-9-10-11-12-13-14-15-16-25(54)24(46-22-52)21-65-43-35(59)33(57)39(28(19-50)68-43)71-44-36(60)34(58)38(29(20-51)69-44)70-42-30(47-23(2)53)40(31(55)26(17-48)66-42)72-45-37(61)41(73-74(62,63)64)32(56)27(18-49)67-45/h15-16,22,24-45,48-51,54-61H,3-14,17-21H2,1-2H3,(H,46,52)(H,47,53)(H,62,63,64)/b16-15+/t24-,25+,26+,27+,28+,29+,30+,31-,32-,33+,34+,35+,36+,37+,38-,39+,40+,41-,42-,43+,44-,45-/m0/s1. The van der Waals surface area contributed by atoms with E-state index in [0.29, 0.717) is 12.8 Å². The predicted octanol–water partition coefficient (Wildman–Crippen LogP) is -5.02. The van der Waals surface area contributed by atoms with Crippen LogP contribution in [-0.4, -0.2) is 255 Å². The summed E-state index contributed by atoms with van der Waals surface area (Å²) in [6, 6.07) is -2.78. The minimum absolute atomic E-state index is 0.346. The Labute approximate surface area is 429 Å². The Morgan fingerprint density at radius 2 is 1.04 bits per heavy atom. The molecule has 4 heterocycles. The maximum atomic E-state index is 12.5. The highest BCUT2D eigenvalue weighted by atomic mass is 32.3. The van der Waals surface area contributed by atoms with Crippen LogP contribution in [0.25, 0.3) is 0 Å². The molecule has 0 aromatic heterocycles. The second-order valence-corrected chi connectivity index (χ2v) is 19.9. The van der Waals surface area contributed by atoms with E-state index in [2.05, 4.69) is 21.7 Å². The quantitative estimate of drug-likeness (QED) is 0.0130. The number of hydrogen-bond acceptors (Lipinski definition) is 25. The molecule has 4 fully saturated rings. The summed E-state index contributed by atoms with van der Waals surface area (Å²) >= 11 is 0. The first-order valence-corrected chi connectivity index (χ1v) is 26.5. The van der Waals surface area contributed by atoms with E-state index in [0.717, 1.165) is 26.2 Å². The van der Waals surface area contributed by atoms with E-state index in [9.17, 15) is 83.8 Å². The van der Waals surface area contributed by atoms with Gasteiger partial charge in [-0.3, -0.25) is 14.1 Å². The lowest BCUT2D eigenvalue weighted by molar-refractivity contribution is -0.379. The predicted molar refractivity (Wildman–Crippen MR) is 249 cm³/mol. The monoisotopic (exact) mass is 1100 g/mol. The summed E-state index contributed by atoms with van der Waals surface area (Å²) in [4.78, 5) is 24.0. The SMILES string of the molecule is CCCCCCCCCCCCC/C=C/[C@@H](O)[C@H](CO[C@@H]1O[C@H](CO)[C@@H](O[C@@H]2O[C@H](CO)[C@H](O[C@@H]3O[C@H](CO)[C@H](O)[C@H](O[C@@H]4O[C@H](CO)[C@H](O)[C@H](OS(=O)(=O)O)[C@H]4O)[C@H]3NC(C)=O)[C@H](O)[C@H]2O)[C@H](O)[C@H]1O)NC=O. The highest BCUT2D eigenvalue weighted by Crippen LogP contribution is 2.35. The number of carbonyl (C=O) groups excluding carboxylic acids is 2. The molecule has 0 aromatic carbocycles. The lowest BCUT2D eigenvalue weighted by Gasteiger charge is -2.50. The first-order valence-electron chi connectivity index (χ1n) is 25.1. The zero-order valence-corrected chi connectivity index (χ0v) is 42.3. The van der Waals surface area contributed by atoms with Crippen molar-refractivity contribution in [2.45, 2.75) is 226 Å². The third-order valence-electron chi connectivity index (χ3n) is 13.2. The maximum Gasteiger partial charge on any atom is 0.397 e. The molecule has 4 saturated heterocycles. The van der Waals surface area contributed by atoms with Crippen molar-refractivity contribution in [1.29, 1.82) is 0 Å². The first kappa shape index (κ1) is 64.3. The van der Waals surface area contributed by atoms with E-state index in [1.165, 1.54) is 57.4 Å². The number of allylic oxidation sites excluding steroid dienone is 1. The molecule has 0 saturated carbocycles. The fraction of sp³-hybridized carbons (Fsp3) is 0.911. The highest BCUT2D eigenvalue weighted by Gasteiger charge is 2.56. The minimum Gasteiger partial charge on any atom is -0.394 e. The van der Waals surface area contributed by atoms with Crippen LogP contribution in [0.15, 0.2) is 12.2 Å². The average Bonchev–Trinajstić information content (AvgIpc) is 3.36. The van der Waals surface area contributed by atoms with Gasteiger partial charge in [0.25, 0.3) is 0 Å². The minimum atomic E-state index is -5.35. The zero-order valence-electron chi connectivity index (χ0n) is 41.5. The van der Waals surface area contributed by atoms with Gasteiger partial charge in [-0.2, -0.15) is 8.42 Å². The number of unbranched alkanes of at least 4 members (excludes halogenated alkanes) is 11. The zero-order chi connectivity index (χ0) is 54.7. The van der Waals surface area contributed by atoms with Gasteiger partial charge >= 0.3 is 10.4 Å². The van der Waals surface area contributed by atoms with Crippen molar-refractivity contribution >= 4 is 22.7 Å². The second-order valence-electron chi connectivity index (χ2n) is 18.8. The van der Waals surface area contributed by atoms with Gasteiger partial charge in [-0.15, -0.1) is 0 Å². The van der Waals surface area contributed by atoms with E-state index < -0.39 is 184 Å². The van der Waals surface area contributed by atoms with Gasteiger partial charge in [0.05, 0.1) is 45.2 Å². The third kappa shape index (κ3) is 18.4. The van der Waals surface area contributed by atoms with Crippen LogP contribution < -0.4 is 10.6 Å². The van der Waals surface area contributed by atoms with E-state index in [-0.39, 0.29) is 0 Å². The summed E-state index contributed by atoms with van der Waals surface area (Å²) in [5, 5.41) is 134. The summed E-state index contributed by atoms with van der Waals surface area (Å²) in [6.45, 7) is -1.17. The fourth-order valence-corrected chi connectivity index (χ4v) is 9.65. The summed E-state index contributed by atoms with van der Waals surface area (Å²) < 4.78 is 82.4. The van der Waals surface area contributed by atoms with Crippen LogP contribution in [0.4, 0.5) is 0 Å². The molecule has 74 heavy (non-hydrogen) atoms. The largest absolute Gasteiger partial charge is 0.397 e. The number of hydrogen-bond donors (Lipinski definition) is 15. The average molecular weight is 1100 g/mol.